The normalized spacial score (nSPS) is 17.7. The molecule has 1 atom stereocenters. The van der Waals surface area contributed by atoms with Crippen molar-refractivity contribution < 1.29 is 14.7 Å². The van der Waals surface area contributed by atoms with Crippen molar-refractivity contribution in [2.45, 2.75) is 25.7 Å². The maximum Gasteiger partial charge on any atom is 0.226 e. The van der Waals surface area contributed by atoms with Crippen LogP contribution in [0.2, 0.25) is 0 Å². The number of carbonyl (C=O) groups excluding carboxylic acids is 1. The van der Waals surface area contributed by atoms with Crippen LogP contribution in [-0.4, -0.2) is 30.1 Å². The number of benzene rings is 1. The average molecular weight is 291 g/mol. The minimum atomic E-state index is -0.135. The van der Waals surface area contributed by atoms with Crippen molar-refractivity contribution >= 4 is 11.7 Å². The Hall–Kier alpha value is -2.24. The molecule has 0 aliphatic carbocycles. The Kier molecular flexibility index (Phi) is 5.43. The number of fused-ring (bicyclic) bond motifs is 1. The number of ether oxygens (including phenoxy) is 1. The Balaban J connectivity index is 1.70. The number of hydrogen-bond donors (Lipinski definition) is 3. The van der Waals surface area contributed by atoms with Crippen molar-refractivity contribution in [1.82, 2.24) is 5.32 Å². The largest absolute Gasteiger partial charge is 0.492 e. The smallest absolute Gasteiger partial charge is 0.226 e. The van der Waals surface area contributed by atoms with E-state index >= 15 is 0 Å². The third-order valence-electron chi connectivity index (χ3n) is 3.54. The molecule has 0 saturated carbocycles. The Bertz CT molecular complexity index is 517. The summed E-state index contributed by atoms with van der Waals surface area (Å²) in [5.74, 6) is 0.983. The number of hydrogen-bond acceptors (Lipinski definition) is 4. The Morgan fingerprint density at radius 1 is 1.43 bits per heavy atom. The Morgan fingerprint density at radius 2 is 2.24 bits per heavy atom. The lowest BCUT2D eigenvalue weighted by atomic mass is 9.96. The second-order valence-electron chi connectivity index (χ2n) is 5.16. The second kappa shape index (κ2) is 7.52. The highest BCUT2D eigenvalue weighted by Crippen LogP contribution is 2.26. The summed E-state index contributed by atoms with van der Waals surface area (Å²) in [6, 6.07) is 7.80. The number of unbranched alkanes of at least 4 members (excludes halogenated alkanes) is 1. The summed E-state index contributed by atoms with van der Waals surface area (Å²) < 4.78 is 5.61. The van der Waals surface area contributed by atoms with E-state index in [9.17, 15) is 4.79 Å². The van der Waals surface area contributed by atoms with Crippen molar-refractivity contribution in [1.29, 1.82) is 0 Å². The molecular formula is C15H21N3O3. The summed E-state index contributed by atoms with van der Waals surface area (Å²) in [6.45, 7) is 1.02. The summed E-state index contributed by atoms with van der Waals surface area (Å²) in [5, 5.41) is 14.2. The Labute approximate surface area is 124 Å². The van der Waals surface area contributed by atoms with Gasteiger partial charge in [0.25, 0.3) is 0 Å². The molecule has 1 amide bonds. The summed E-state index contributed by atoms with van der Waals surface area (Å²) in [7, 11) is 0. The van der Waals surface area contributed by atoms with E-state index in [-0.39, 0.29) is 17.7 Å². The van der Waals surface area contributed by atoms with Gasteiger partial charge in [0.1, 0.15) is 18.2 Å². The molecule has 0 spiro atoms. The molecule has 0 saturated heterocycles. The first kappa shape index (κ1) is 15.2. The van der Waals surface area contributed by atoms with Gasteiger partial charge < -0.3 is 21.0 Å². The van der Waals surface area contributed by atoms with Crippen LogP contribution in [0.5, 0.6) is 5.75 Å². The molecule has 6 nitrogen and oxygen atoms in total. The van der Waals surface area contributed by atoms with Crippen LogP contribution in [0, 0.1) is 5.92 Å². The quantitative estimate of drug-likeness (QED) is 0.242. The Morgan fingerprint density at radius 3 is 3.05 bits per heavy atom. The molecule has 2 rings (SSSR count). The van der Waals surface area contributed by atoms with Crippen molar-refractivity contribution in [3.63, 3.8) is 0 Å². The van der Waals surface area contributed by atoms with Gasteiger partial charge in [-0.15, -0.1) is 0 Å². The number of oxime groups is 1. The fourth-order valence-electron chi connectivity index (χ4n) is 2.33. The van der Waals surface area contributed by atoms with E-state index in [1.807, 2.05) is 24.3 Å². The van der Waals surface area contributed by atoms with Crippen molar-refractivity contribution in [2.75, 3.05) is 13.2 Å². The minimum absolute atomic E-state index is 0.0216. The SMILES string of the molecule is NC(CCCCNC(=O)C1COc2ccccc2C1)=NO. The van der Waals surface area contributed by atoms with E-state index in [1.165, 1.54) is 0 Å². The van der Waals surface area contributed by atoms with Gasteiger partial charge in [-0.2, -0.15) is 0 Å². The van der Waals surface area contributed by atoms with Crippen LogP contribution in [-0.2, 0) is 11.2 Å². The highest BCUT2D eigenvalue weighted by Gasteiger charge is 2.25. The number of nitrogens with zero attached hydrogens (tertiary/aromatic N) is 1. The van der Waals surface area contributed by atoms with Crippen LogP contribution in [0.25, 0.3) is 0 Å². The van der Waals surface area contributed by atoms with Crippen LogP contribution in [0.15, 0.2) is 29.4 Å². The van der Waals surface area contributed by atoms with Gasteiger partial charge in [-0.1, -0.05) is 23.4 Å². The van der Waals surface area contributed by atoms with Crippen molar-refractivity contribution in [2.24, 2.45) is 16.8 Å². The lowest BCUT2D eigenvalue weighted by Crippen LogP contribution is -2.37. The molecule has 0 radical (unpaired) electrons. The average Bonchev–Trinajstić information content (AvgIpc) is 2.53. The predicted molar refractivity (Wildman–Crippen MR) is 79.4 cm³/mol. The zero-order valence-electron chi connectivity index (χ0n) is 11.9. The van der Waals surface area contributed by atoms with Crippen LogP contribution in [0.3, 0.4) is 0 Å². The summed E-state index contributed by atoms with van der Waals surface area (Å²) in [4.78, 5) is 12.1. The molecule has 6 heteroatoms. The number of amidine groups is 1. The lowest BCUT2D eigenvalue weighted by molar-refractivity contribution is -0.126. The molecular weight excluding hydrogens is 270 g/mol. The number of nitrogens with one attached hydrogen (secondary N) is 1. The lowest BCUT2D eigenvalue weighted by Gasteiger charge is -2.24. The van der Waals surface area contributed by atoms with Gasteiger partial charge in [-0.05, 0) is 30.9 Å². The molecule has 1 aliphatic heterocycles. The van der Waals surface area contributed by atoms with Gasteiger partial charge in [0, 0.05) is 13.0 Å². The monoisotopic (exact) mass is 291 g/mol. The molecule has 1 unspecified atom stereocenters. The first-order valence-corrected chi connectivity index (χ1v) is 7.15. The van der Waals surface area contributed by atoms with Crippen LogP contribution in [0.4, 0.5) is 0 Å². The molecule has 1 aromatic rings. The maximum absolute atomic E-state index is 12.1. The molecule has 0 aromatic heterocycles. The minimum Gasteiger partial charge on any atom is -0.492 e. The number of amides is 1. The number of nitrogens with two attached hydrogens (primary N) is 1. The van der Waals surface area contributed by atoms with Crippen molar-refractivity contribution in [3.8, 4) is 5.75 Å². The van der Waals surface area contributed by atoms with Gasteiger partial charge in [-0.3, -0.25) is 4.79 Å². The molecule has 0 bridgehead atoms. The highest BCUT2D eigenvalue weighted by molar-refractivity contribution is 5.80. The molecule has 21 heavy (non-hydrogen) atoms. The van der Waals surface area contributed by atoms with E-state index in [0.29, 0.717) is 26.0 Å². The maximum atomic E-state index is 12.1. The predicted octanol–water partition coefficient (Wildman–Crippen LogP) is 1.27. The van der Waals surface area contributed by atoms with Gasteiger partial charge in [0.15, 0.2) is 0 Å². The van der Waals surface area contributed by atoms with E-state index in [0.717, 1.165) is 24.2 Å². The first-order valence-electron chi connectivity index (χ1n) is 7.15. The molecule has 4 N–H and O–H groups in total. The second-order valence-corrected chi connectivity index (χ2v) is 5.16. The molecule has 1 heterocycles. The topological polar surface area (TPSA) is 96.9 Å². The fraction of sp³-hybridized carbons (Fsp3) is 0.467. The summed E-state index contributed by atoms with van der Waals surface area (Å²) >= 11 is 0. The zero-order chi connectivity index (χ0) is 15.1. The first-order chi connectivity index (χ1) is 10.2. The zero-order valence-corrected chi connectivity index (χ0v) is 11.9. The third-order valence-corrected chi connectivity index (χ3v) is 3.54. The van der Waals surface area contributed by atoms with Gasteiger partial charge >= 0.3 is 0 Å². The van der Waals surface area contributed by atoms with E-state index < -0.39 is 0 Å². The summed E-state index contributed by atoms with van der Waals surface area (Å²) in [6.07, 6.45) is 2.82. The van der Waals surface area contributed by atoms with Gasteiger partial charge in [0.2, 0.25) is 5.91 Å². The molecule has 1 aliphatic rings. The van der Waals surface area contributed by atoms with E-state index in [1.54, 1.807) is 0 Å². The number of rotatable bonds is 6. The van der Waals surface area contributed by atoms with Gasteiger partial charge in [0.05, 0.1) is 5.92 Å². The number of carbonyl (C=O) groups is 1. The van der Waals surface area contributed by atoms with E-state index in [4.69, 9.17) is 15.7 Å². The van der Waals surface area contributed by atoms with Gasteiger partial charge in [-0.25, -0.2) is 0 Å². The standard InChI is InChI=1S/C15H21N3O3/c16-14(18-20)7-3-4-8-17-15(19)12-9-11-5-1-2-6-13(11)21-10-12/h1-2,5-6,12,20H,3-4,7-10H2,(H2,16,18)(H,17,19). The molecule has 0 fully saturated rings. The number of para-hydroxylation sites is 1. The highest BCUT2D eigenvalue weighted by atomic mass is 16.5. The summed E-state index contributed by atoms with van der Waals surface area (Å²) in [5.41, 5.74) is 6.45. The van der Waals surface area contributed by atoms with Crippen LogP contribution >= 0.6 is 0 Å². The van der Waals surface area contributed by atoms with Crippen LogP contribution in [0.1, 0.15) is 24.8 Å². The fourth-order valence-corrected chi connectivity index (χ4v) is 2.33. The van der Waals surface area contributed by atoms with Crippen molar-refractivity contribution in [3.05, 3.63) is 29.8 Å². The van der Waals surface area contributed by atoms with Crippen LogP contribution < -0.4 is 15.8 Å². The molecule has 114 valence electrons. The third kappa shape index (κ3) is 4.37. The molecule has 1 aromatic carbocycles. The van der Waals surface area contributed by atoms with E-state index in [2.05, 4.69) is 10.5 Å².